The fourth-order valence-electron chi connectivity index (χ4n) is 0.828. The molecule has 1 rings (SSSR count). The molecule has 0 bridgehead atoms. The molecule has 1 aromatic carbocycles. The number of anilines is 1. The molecule has 0 amide bonds. The first-order valence-electron chi connectivity index (χ1n) is 3.66. The minimum absolute atomic E-state index is 0.430. The van der Waals surface area contributed by atoms with Crippen LogP contribution in [0.3, 0.4) is 0 Å². The lowest BCUT2D eigenvalue weighted by molar-refractivity contribution is 0.605. The number of hydrogen-bond acceptors (Lipinski definition) is 2. The van der Waals surface area contributed by atoms with Crippen LogP contribution in [-0.4, -0.2) is 13.6 Å². The fraction of sp³-hybridized carbons (Fsp3) is 0.250. The summed E-state index contributed by atoms with van der Waals surface area (Å²) in [6, 6.07) is 7.04. The van der Waals surface area contributed by atoms with Gasteiger partial charge < -0.3 is 0 Å². The largest absolute Gasteiger partial charge is 0.283 e. The van der Waals surface area contributed by atoms with Crippen LogP contribution in [0.5, 0.6) is 0 Å². The Morgan fingerprint density at radius 3 is 2.31 bits per heavy atom. The van der Waals surface area contributed by atoms with Crippen LogP contribution in [0.1, 0.15) is 5.56 Å². The van der Waals surface area contributed by atoms with Gasteiger partial charge in [-0.25, -0.2) is 8.42 Å². The summed E-state index contributed by atoms with van der Waals surface area (Å²) in [5.41, 5.74) is 1.61. The van der Waals surface area contributed by atoms with Crippen LogP contribution in [0.25, 0.3) is 0 Å². The van der Waals surface area contributed by atoms with Crippen LogP contribution >= 0.6 is 11.6 Å². The summed E-state index contributed by atoms with van der Waals surface area (Å²) in [6.45, 7) is 1.93. The van der Waals surface area contributed by atoms with E-state index in [2.05, 4.69) is 4.72 Å². The summed E-state index contributed by atoms with van der Waals surface area (Å²) in [4.78, 5) is 0. The quantitative estimate of drug-likeness (QED) is 0.790. The molecule has 0 aliphatic heterocycles. The van der Waals surface area contributed by atoms with Crippen molar-refractivity contribution in [2.75, 3.05) is 9.93 Å². The Morgan fingerprint density at radius 1 is 1.31 bits per heavy atom. The average molecular weight is 220 g/mol. The molecule has 0 aliphatic carbocycles. The van der Waals surface area contributed by atoms with Crippen molar-refractivity contribution in [3.63, 3.8) is 0 Å². The molecule has 0 radical (unpaired) electrons. The van der Waals surface area contributed by atoms with Gasteiger partial charge in [0.25, 0.3) is 0 Å². The molecule has 13 heavy (non-hydrogen) atoms. The van der Waals surface area contributed by atoms with Crippen LogP contribution in [-0.2, 0) is 10.0 Å². The Bertz CT molecular complexity index is 372. The second kappa shape index (κ2) is 3.98. The van der Waals surface area contributed by atoms with Crippen molar-refractivity contribution in [1.82, 2.24) is 0 Å². The predicted octanol–water partition coefficient (Wildman–Crippen LogP) is 1.93. The number of halogens is 1. The summed E-state index contributed by atoms with van der Waals surface area (Å²) in [6.07, 6.45) is 0. The van der Waals surface area contributed by atoms with Gasteiger partial charge in [0.2, 0.25) is 10.0 Å². The maximum atomic E-state index is 11.0. The molecule has 0 unspecified atom stereocenters. The maximum Gasteiger partial charge on any atom is 0.246 e. The van der Waals surface area contributed by atoms with E-state index >= 15 is 0 Å². The molecule has 0 saturated heterocycles. The lowest BCUT2D eigenvalue weighted by Crippen LogP contribution is -2.13. The van der Waals surface area contributed by atoms with Gasteiger partial charge in [0.1, 0.15) is 5.21 Å². The van der Waals surface area contributed by atoms with Gasteiger partial charge in [-0.1, -0.05) is 17.7 Å². The van der Waals surface area contributed by atoms with Crippen LogP contribution in [0.4, 0.5) is 5.69 Å². The molecule has 0 heterocycles. The van der Waals surface area contributed by atoms with Gasteiger partial charge in [0.05, 0.1) is 0 Å². The van der Waals surface area contributed by atoms with Gasteiger partial charge in [-0.05, 0) is 19.1 Å². The molecule has 0 aliphatic rings. The molecule has 0 atom stereocenters. The van der Waals surface area contributed by atoms with E-state index in [4.69, 9.17) is 11.6 Å². The predicted molar refractivity (Wildman–Crippen MR) is 54.4 cm³/mol. The van der Waals surface area contributed by atoms with Crippen LogP contribution in [0.15, 0.2) is 24.3 Å². The molecule has 0 saturated carbocycles. The Balaban J connectivity index is 2.82. The molecule has 3 nitrogen and oxygen atoms in total. The molecular weight excluding hydrogens is 210 g/mol. The summed E-state index contributed by atoms with van der Waals surface area (Å²) in [7, 11) is -3.37. The first kappa shape index (κ1) is 10.3. The third-order valence-electron chi connectivity index (χ3n) is 1.47. The van der Waals surface area contributed by atoms with E-state index in [1.54, 1.807) is 12.1 Å². The van der Waals surface area contributed by atoms with Crippen molar-refractivity contribution in [1.29, 1.82) is 0 Å². The minimum atomic E-state index is -3.37. The van der Waals surface area contributed by atoms with E-state index in [9.17, 15) is 8.42 Å². The van der Waals surface area contributed by atoms with Gasteiger partial charge in [0.15, 0.2) is 0 Å². The standard InChI is InChI=1S/C8H10ClNO2S/c1-7-2-4-8(5-3-7)10-13(11,12)6-9/h2-5,10H,6H2,1H3. The highest BCUT2D eigenvalue weighted by atomic mass is 35.5. The van der Waals surface area contributed by atoms with E-state index in [1.807, 2.05) is 19.1 Å². The van der Waals surface area contributed by atoms with Crippen LogP contribution in [0, 0.1) is 6.92 Å². The highest BCUT2D eigenvalue weighted by Gasteiger charge is 2.06. The molecule has 72 valence electrons. The zero-order chi connectivity index (χ0) is 9.90. The van der Waals surface area contributed by atoms with Crippen LogP contribution in [0.2, 0.25) is 0 Å². The third-order valence-corrected chi connectivity index (χ3v) is 3.16. The first-order valence-corrected chi connectivity index (χ1v) is 5.85. The minimum Gasteiger partial charge on any atom is -0.283 e. The summed E-state index contributed by atoms with van der Waals surface area (Å²) >= 11 is 5.22. The van der Waals surface area contributed by atoms with E-state index in [0.717, 1.165) is 5.56 Å². The second-order valence-electron chi connectivity index (χ2n) is 2.69. The molecule has 1 aromatic rings. The van der Waals surface area contributed by atoms with E-state index in [0.29, 0.717) is 5.69 Å². The Labute approximate surface area is 82.8 Å². The number of sulfonamides is 1. The average Bonchev–Trinajstić information content (AvgIpc) is 2.09. The monoisotopic (exact) mass is 219 g/mol. The van der Waals surface area contributed by atoms with Gasteiger partial charge >= 0.3 is 0 Å². The summed E-state index contributed by atoms with van der Waals surface area (Å²) in [5.74, 6) is 0. The topological polar surface area (TPSA) is 46.2 Å². The lowest BCUT2D eigenvalue weighted by atomic mass is 10.2. The number of nitrogens with one attached hydrogen (secondary N) is 1. The number of rotatable bonds is 3. The van der Waals surface area contributed by atoms with E-state index in [-0.39, 0.29) is 0 Å². The SMILES string of the molecule is Cc1ccc(NS(=O)(=O)CCl)cc1. The smallest absolute Gasteiger partial charge is 0.246 e. The second-order valence-corrected chi connectivity index (χ2v) is 5.00. The number of hydrogen-bond donors (Lipinski definition) is 1. The van der Waals surface area contributed by atoms with Crippen molar-refractivity contribution in [3.8, 4) is 0 Å². The van der Waals surface area contributed by atoms with Crippen LogP contribution < -0.4 is 4.72 Å². The van der Waals surface area contributed by atoms with Gasteiger partial charge in [-0.2, -0.15) is 0 Å². The Hall–Kier alpha value is -0.740. The summed E-state index contributed by atoms with van der Waals surface area (Å²) in [5, 5.41) is -0.430. The van der Waals surface area contributed by atoms with Crippen molar-refractivity contribution in [2.45, 2.75) is 6.92 Å². The lowest BCUT2D eigenvalue weighted by Gasteiger charge is -2.04. The van der Waals surface area contributed by atoms with Crippen molar-refractivity contribution in [2.24, 2.45) is 0 Å². The number of alkyl halides is 1. The highest BCUT2D eigenvalue weighted by Crippen LogP contribution is 2.10. The van der Waals surface area contributed by atoms with E-state index < -0.39 is 15.2 Å². The number of aryl methyl sites for hydroxylation is 1. The van der Waals surface area contributed by atoms with Gasteiger partial charge in [0, 0.05) is 5.69 Å². The zero-order valence-corrected chi connectivity index (χ0v) is 8.69. The molecule has 0 aromatic heterocycles. The fourth-order valence-corrected chi connectivity index (χ4v) is 1.54. The normalized spacial score (nSPS) is 11.2. The molecule has 0 fully saturated rings. The Morgan fingerprint density at radius 2 is 1.85 bits per heavy atom. The first-order chi connectivity index (χ1) is 6.03. The molecular formula is C8H10ClNO2S. The highest BCUT2D eigenvalue weighted by molar-refractivity contribution is 7.93. The molecule has 5 heteroatoms. The third kappa shape index (κ3) is 3.24. The van der Waals surface area contributed by atoms with Crippen molar-refractivity contribution >= 4 is 27.3 Å². The van der Waals surface area contributed by atoms with Crippen molar-refractivity contribution < 1.29 is 8.42 Å². The van der Waals surface area contributed by atoms with Crippen molar-refractivity contribution in [3.05, 3.63) is 29.8 Å². The van der Waals surface area contributed by atoms with E-state index in [1.165, 1.54) is 0 Å². The zero-order valence-electron chi connectivity index (χ0n) is 7.12. The number of benzene rings is 1. The summed E-state index contributed by atoms with van der Waals surface area (Å²) < 4.78 is 24.4. The van der Waals surface area contributed by atoms with Gasteiger partial charge in [-0.3, -0.25) is 4.72 Å². The van der Waals surface area contributed by atoms with Gasteiger partial charge in [-0.15, -0.1) is 11.6 Å². The molecule has 1 N–H and O–H groups in total. The maximum absolute atomic E-state index is 11.0. The molecule has 0 spiro atoms. The Kier molecular flexibility index (Phi) is 3.17.